The summed E-state index contributed by atoms with van der Waals surface area (Å²) in [5.41, 5.74) is 1.00. The molecule has 0 bridgehead atoms. The molecule has 0 saturated carbocycles. The highest BCUT2D eigenvalue weighted by Crippen LogP contribution is 2.26. The molecule has 38 heavy (non-hydrogen) atoms. The largest absolute Gasteiger partial charge is 0.479 e. The van der Waals surface area contributed by atoms with Crippen LogP contribution in [0.5, 0.6) is 5.75 Å². The number of rotatable bonds is 10. The molecule has 0 aliphatic carbocycles. The van der Waals surface area contributed by atoms with E-state index in [0.29, 0.717) is 22.6 Å². The Labute approximate surface area is 219 Å². The number of fused-ring (bicyclic) bond motifs is 1. The number of halogens is 5. The molecule has 2 amide bonds. The molecule has 3 rings (SSSR count). The summed E-state index contributed by atoms with van der Waals surface area (Å²) in [5, 5.41) is 2.65. The number of methoxy groups -OCH3 is 1. The number of nitrogens with zero attached hydrogens (tertiary/aromatic N) is 1. The summed E-state index contributed by atoms with van der Waals surface area (Å²) in [4.78, 5) is 50.8. The molecule has 13 heteroatoms. The Balaban J connectivity index is 1.79. The predicted molar refractivity (Wildman–Crippen MR) is 125 cm³/mol. The van der Waals surface area contributed by atoms with Crippen molar-refractivity contribution in [1.29, 1.82) is 0 Å². The lowest BCUT2D eigenvalue weighted by molar-refractivity contribution is -0.456. The maximum absolute atomic E-state index is 13.9. The normalized spacial score (nSPS) is 14.2. The quantitative estimate of drug-likeness (QED) is 0.208. The van der Waals surface area contributed by atoms with Crippen LogP contribution in [0.25, 0.3) is 0 Å². The number of ether oxygens (including phenoxy) is 2. The monoisotopic (exact) mass is 557 g/mol. The lowest BCUT2D eigenvalue weighted by atomic mass is 9.99. The van der Waals surface area contributed by atoms with E-state index in [0.717, 1.165) is 7.11 Å². The van der Waals surface area contributed by atoms with Gasteiger partial charge in [-0.3, -0.25) is 14.4 Å². The van der Waals surface area contributed by atoms with Crippen molar-refractivity contribution in [2.75, 3.05) is 13.7 Å². The number of Topliss-reactive ketones (excluding diaryl/α,β-unsaturated/α-hetero) is 1. The lowest BCUT2D eigenvalue weighted by Crippen LogP contribution is -2.52. The van der Waals surface area contributed by atoms with Crippen LogP contribution >= 0.6 is 11.6 Å². The number of hydrogen-bond donors (Lipinski definition) is 1. The van der Waals surface area contributed by atoms with Crippen molar-refractivity contribution >= 4 is 41.4 Å². The molecule has 2 aromatic carbocycles. The van der Waals surface area contributed by atoms with E-state index in [1.54, 1.807) is 19.1 Å². The van der Waals surface area contributed by atoms with E-state index >= 15 is 0 Å². The molecule has 202 valence electrons. The molecule has 0 fully saturated rings. The van der Waals surface area contributed by atoms with Gasteiger partial charge in [-0.1, -0.05) is 24.6 Å². The fourth-order valence-corrected chi connectivity index (χ4v) is 3.98. The Morgan fingerprint density at radius 2 is 1.76 bits per heavy atom. The van der Waals surface area contributed by atoms with Gasteiger partial charge in [-0.2, -0.15) is 13.4 Å². The average Bonchev–Trinajstić information content (AvgIpc) is 2.88. The van der Waals surface area contributed by atoms with E-state index in [9.17, 15) is 36.7 Å². The van der Waals surface area contributed by atoms with Gasteiger partial charge in [0.05, 0.1) is 25.5 Å². The van der Waals surface area contributed by atoms with Crippen LogP contribution in [0.2, 0.25) is 5.02 Å². The van der Waals surface area contributed by atoms with Gasteiger partial charge in [0.15, 0.2) is 29.4 Å². The Hall–Kier alpha value is -3.80. The molecule has 2 atom stereocenters. The van der Waals surface area contributed by atoms with Crippen LogP contribution in [-0.4, -0.2) is 60.2 Å². The average molecular weight is 558 g/mol. The number of carbonyl (C=O) groups is 4. The standard InChI is InChI=1S/C25H21ClF4N2O6/c1-3-18(32-7-6-12-4-5-13(26)8-14(12)25(32)36)24(35)31-17(10-20(34)37-2)19(33)11-38-23-21(29)15(27)9-16(28)22(23)30/h4-5,7-9,17-18H,3,6,10-11H2,1-2H3/p+1/t17?,18-/m0/s1. The fraction of sp³-hybridized carbons (Fsp3) is 0.320. The molecule has 0 radical (unpaired) electrons. The topological polar surface area (TPSA) is 102 Å². The van der Waals surface area contributed by atoms with E-state index in [2.05, 4.69) is 14.8 Å². The molecular formula is C25H22ClF4N2O6+. The van der Waals surface area contributed by atoms with Gasteiger partial charge in [0, 0.05) is 17.5 Å². The highest BCUT2D eigenvalue weighted by atomic mass is 35.5. The Kier molecular flexibility index (Phi) is 9.21. The Morgan fingerprint density at radius 1 is 1.11 bits per heavy atom. The molecule has 8 nitrogen and oxygen atoms in total. The summed E-state index contributed by atoms with van der Waals surface area (Å²) in [6.07, 6.45) is 1.25. The highest BCUT2D eigenvalue weighted by Gasteiger charge is 2.39. The summed E-state index contributed by atoms with van der Waals surface area (Å²) in [6, 6.07) is 2.04. The second kappa shape index (κ2) is 12.2. The van der Waals surface area contributed by atoms with Gasteiger partial charge in [-0.15, -0.1) is 0 Å². The smallest absolute Gasteiger partial charge is 0.420 e. The van der Waals surface area contributed by atoms with E-state index in [1.807, 2.05) is 0 Å². The second-order valence-corrected chi connectivity index (χ2v) is 8.65. The van der Waals surface area contributed by atoms with Crippen molar-refractivity contribution in [2.45, 2.75) is 38.3 Å². The van der Waals surface area contributed by atoms with Crippen molar-refractivity contribution in [3.63, 3.8) is 0 Å². The first-order chi connectivity index (χ1) is 18.0. The van der Waals surface area contributed by atoms with E-state index < -0.39 is 77.7 Å². The third-order valence-electron chi connectivity index (χ3n) is 5.80. The third kappa shape index (κ3) is 6.18. The lowest BCUT2D eigenvalue weighted by Gasteiger charge is -2.21. The summed E-state index contributed by atoms with van der Waals surface area (Å²) >= 11 is 6.00. The first-order valence-electron chi connectivity index (χ1n) is 11.3. The summed E-state index contributed by atoms with van der Waals surface area (Å²) in [5.74, 6) is -12.0. The highest BCUT2D eigenvalue weighted by molar-refractivity contribution is 6.31. The van der Waals surface area contributed by atoms with Crippen LogP contribution in [-0.2, 0) is 25.5 Å². The molecule has 2 aromatic rings. The molecule has 1 heterocycles. The van der Waals surface area contributed by atoms with E-state index in [4.69, 9.17) is 11.6 Å². The summed E-state index contributed by atoms with van der Waals surface area (Å²) in [7, 11) is 1.03. The van der Waals surface area contributed by atoms with Crippen molar-refractivity contribution in [3.8, 4) is 5.75 Å². The number of amides is 2. The van der Waals surface area contributed by atoms with Gasteiger partial charge in [-0.25, -0.2) is 13.6 Å². The predicted octanol–water partition coefficient (Wildman–Crippen LogP) is 3.15. The van der Waals surface area contributed by atoms with Crippen LogP contribution in [0.4, 0.5) is 17.6 Å². The zero-order valence-corrected chi connectivity index (χ0v) is 20.9. The Morgan fingerprint density at radius 3 is 2.37 bits per heavy atom. The van der Waals surface area contributed by atoms with Crippen LogP contribution in [0.1, 0.15) is 35.7 Å². The van der Waals surface area contributed by atoms with Crippen LogP contribution < -0.4 is 10.1 Å². The van der Waals surface area contributed by atoms with E-state index in [-0.39, 0.29) is 12.5 Å². The molecular weight excluding hydrogens is 536 g/mol. The fourth-order valence-electron chi connectivity index (χ4n) is 3.81. The first-order valence-corrected chi connectivity index (χ1v) is 11.7. The summed E-state index contributed by atoms with van der Waals surface area (Å²) in [6.45, 7) is 0.458. The minimum absolute atomic E-state index is 0.0320. The van der Waals surface area contributed by atoms with Gasteiger partial charge in [0.1, 0.15) is 12.6 Å². The van der Waals surface area contributed by atoms with Crippen molar-refractivity contribution in [2.24, 2.45) is 0 Å². The maximum Gasteiger partial charge on any atom is 0.420 e. The van der Waals surface area contributed by atoms with Gasteiger partial charge < -0.3 is 14.8 Å². The molecule has 0 aromatic heterocycles. The molecule has 1 unspecified atom stereocenters. The number of ketones is 1. The zero-order chi connectivity index (χ0) is 28.1. The third-order valence-corrected chi connectivity index (χ3v) is 6.04. The van der Waals surface area contributed by atoms with Crippen LogP contribution in [0, 0.1) is 23.3 Å². The minimum Gasteiger partial charge on any atom is -0.479 e. The molecule has 0 spiro atoms. The van der Waals surface area contributed by atoms with E-state index in [1.165, 1.54) is 16.9 Å². The number of carbonyl (C=O) groups excluding carboxylic acids is 4. The van der Waals surface area contributed by atoms with Gasteiger partial charge in [0.25, 0.3) is 5.91 Å². The van der Waals surface area contributed by atoms with Crippen molar-refractivity contribution in [1.82, 2.24) is 5.32 Å². The van der Waals surface area contributed by atoms with Crippen LogP contribution in [0.15, 0.2) is 24.3 Å². The number of hydrogen-bond acceptors (Lipinski definition) is 6. The van der Waals surface area contributed by atoms with Crippen molar-refractivity contribution in [3.05, 3.63) is 63.7 Å². The SMILES string of the molecule is CC[C@@H](C(=O)NC(CC(=O)OC)C(=O)COc1c(F)c(F)cc(F)c1F)[N+]1=CCc2ccc(Cl)cc2C1=O. The number of benzene rings is 2. The molecule has 1 N–H and O–H groups in total. The summed E-state index contributed by atoms with van der Waals surface area (Å²) < 4.78 is 65.0. The minimum atomic E-state index is -1.86. The molecule has 1 aliphatic rings. The number of esters is 1. The van der Waals surface area contributed by atoms with Gasteiger partial charge in [0.2, 0.25) is 17.7 Å². The van der Waals surface area contributed by atoms with Crippen LogP contribution in [0.3, 0.4) is 0 Å². The van der Waals surface area contributed by atoms with Gasteiger partial charge >= 0.3 is 11.9 Å². The second-order valence-electron chi connectivity index (χ2n) is 8.22. The Bertz CT molecular complexity index is 1310. The molecule has 1 aliphatic heterocycles. The first kappa shape index (κ1) is 28.8. The van der Waals surface area contributed by atoms with Gasteiger partial charge in [-0.05, 0) is 17.7 Å². The van der Waals surface area contributed by atoms with Crippen molar-refractivity contribution < 1.29 is 50.8 Å². The maximum atomic E-state index is 13.9. The molecule has 0 saturated heterocycles. The zero-order valence-electron chi connectivity index (χ0n) is 20.2. The number of nitrogens with one attached hydrogen (secondary N) is 1.